The van der Waals surface area contributed by atoms with Crippen LogP contribution in [0, 0.1) is 0 Å². The average molecular weight is 207 g/mol. The second-order valence-electron chi connectivity index (χ2n) is 3.77. The van der Waals surface area contributed by atoms with Crippen LogP contribution in [0.1, 0.15) is 25.3 Å². The molecule has 84 valence electrons. The van der Waals surface area contributed by atoms with Gasteiger partial charge < -0.3 is 10.5 Å². The number of ether oxygens (including phenoxy) is 1. The largest absolute Gasteiger partial charge is 0.382 e. The topological polar surface area (TPSA) is 35.2 Å². The van der Waals surface area contributed by atoms with Gasteiger partial charge in [-0.3, -0.25) is 0 Å². The summed E-state index contributed by atoms with van der Waals surface area (Å²) in [5, 5.41) is 0. The Bertz CT molecular complexity index is 248. The molecule has 1 atom stereocenters. The first-order valence-corrected chi connectivity index (χ1v) is 5.70. The van der Waals surface area contributed by atoms with Crippen molar-refractivity contribution in [1.29, 1.82) is 0 Å². The van der Waals surface area contributed by atoms with Crippen molar-refractivity contribution in [3.05, 3.63) is 35.9 Å². The summed E-state index contributed by atoms with van der Waals surface area (Å²) in [7, 11) is 0. The molecular formula is C13H21NO. The van der Waals surface area contributed by atoms with Gasteiger partial charge in [-0.05, 0) is 31.7 Å². The summed E-state index contributed by atoms with van der Waals surface area (Å²) in [5.41, 5.74) is 7.35. The fourth-order valence-corrected chi connectivity index (χ4v) is 1.52. The third kappa shape index (κ3) is 5.55. The summed E-state index contributed by atoms with van der Waals surface area (Å²) in [6.07, 6.45) is 3.06. The van der Waals surface area contributed by atoms with E-state index in [1.54, 1.807) is 0 Å². The predicted octanol–water partition coefficient (Wildman–Crippen LogP) is 2.37. The standard InChI is InChI=1S/C13H21NO/c1-2-15-11-10-13(14)9-8-12-6-4-3-5-7-12/h3-7,13H,2,8-11,14H2,1H3. The minimum atomic E-state index is 0.261. The minimum Gasteiger partial charge on any atom is -0.382 e. The molecule has 2 nitrogen and oxygen atoms in total. The van der Waals surface area contributed by atoms with Crippen LogP contribution in [-0.4, -0.2) is 19.3 Å². The van der Waals surface area contributed by atoms with Crippen LogP contribution in [0.2, 0.25) is 0 Å². The number of hydrogen-bond acceptors (Lipinski definition) is 2. The average Bonchev–Trinajstić information content (AvgIpc) is 2.28. The van der Waals surface area contributed by atoms with E-state index in [0.717, 1.165) is 32.5 Å². The van der Waals surface area contributed by atoms with E-state index in [2.05, 4.69) is 24.3 Å². The Balaban J connectivity index is 2.14. The van der Waals surface area contributed by atoms with Crippen molar-refractivity contribution in [2.45, 2.75) is 32.2 Å². The van der Waals surface area contributed by atoms with Crippen LogP contribution < -0.4 is 5.73 Å². The fourth-order valence-electron chi connectivity index (χ4n) is 1.52. The molecule has 0 aliphatic carbocycles. The Hall–Kier alpha value is -0.860. The molecule has 0 fully saturated rings. The normalized spacial score (nSPS) is 12.7. The van der Waals surface area contributed by atoms with Gasteiger partial charge in [0.15, 0.2) is 0 Å². The third-order valence-electron chi connectivity index (χ3n) is 2.48. The van der Waals surface area contributed by atoms with Gasteiger partial charge in [0.25, 0.3) is 0 Å². The fraction of sp³-hybridized carbons (Fsp3) is 0.538. The molecule has 2 N–H and O–H groups in total. The zero-order valence-electron chi connectivity index (χ0n) is 9.49. The second kappa shape index (κ2) is 7.43. The highest BCUT2D eigenvalue weighted by Crippen LogP contribution is 2.05. The van der Waals surface area contributed by atoms with Crippen molar-refractivity contribution in [2.75, 3.05) is 13.2 Å². The Morgan fingerprint density at radius 1 is 1.20 bits per heavy atom. The molecule has 2 heteroatoms. The molecule has 1 rings (SSSR count). The van der Waals surface area contributed by atoms with Crippen LogP contribution in [0.25, 0.3) is 0 Å². The number of rotatable bonds is 7. The lowest BCUT2D eigenvalue weighted by atomic mass is 10.0. The Labute approximate surface area is 92.4 Å². The van der Waals surface area contributed by atoms with Crippen LogP contribution in [0.5, 0.6) is 0 Å². The van der Waals surface area contributed by atoms with Crippen LogP contribution in [0.4, 0.5) is 0 Å². The first-order valence-electron chi connectivity index (χ1n) is 5.70. The van der Waals surface area contributed by atoms with Crippen molar-refractivity contribution < 1.29 is 4.74 Å². The molecule has 0 aliphatic heterocycles. The summed E-state index contributed by atoms with van der Waals surface area (Å²) in [5.74, 6) is 0. The third-order valence-corrected chi connectivity index (χ3v) is 2.48. The number of hydrogen-bond donors (Lipinski definition) is 1. The van der Waals surface area contributed by atoms with E-state index in [1.165, 1.54) is 5.56 Å². The van der Waals surface area contributed by atoms with E-state index >= 15 is 0 Å². The summed E-state index contributed by atoms with van der Waals surface area (Å²) in [6.45, 7) is 3.58. The molecule has 0 bridgehead atoms. The van der Waals surface area contributed by atoms with Gasteiger partial charge in [0.2, 0.25) is 0 Å². The van der Waals surface area contributed by atoms with E-state index in [-0.39, 0.29) is 6.04 Å². The molecule has 0 saturated heterocycles. The maximum absolute atomic E-state index is 5.98. The lowest BCUT2D eigenvalue weighted by Gasteiger charge is -2.11. The Morgan fingerprint density at radius 2 is 1.93 bits per heavy atom. The van der Waals surface area contributed by atoms with Crippen LogP contribution in [0.15, 0.2) is 30.3 Å². The number of benzene rings is 1. The quantitative estimate of drug-likeness (QED) is 0.697. The maximum atomic E-state index is 5.98. The van der Waals surface area contributed by atoms with Gasteiger partial charge in [-0.25, -0.2) is 0 Å². The Kier molecular flexibility index (Phi) is 6.05. The van der Waals surface area contributed by atoms with Gasteiger partial charge in [0.1, 0.15) is 0 Å². The number of aryl methyl sites for hydroxylation is 1. The van der Waals surface area contributed by atoms with Crippen molar-refractivity contribution in [1.82, 2.24) is 0 Å². The predicted molar refractivity (Wildman–Crippen MR) is 63.8 cm³/mol. The summed E-state index contributed by atoms with van der Waals surface area (Å²) in [4.78, 5) is 0. The molecule has 0 aromatic heterocycles. The smallest absolute Gasteiger partial charge is 0.0480 e. The van der Waals surface area contributed by atoms with Crippen molar-refractivity contribution in [2.24, 2.45) is 5.73 Å². The molecule has 1 aromatic carbocycles. The first-order chi connectivity index (χ1) is 7.33. The number of nitrogens with two attached hydrogens (primary N) is 1. The molecule has 0 radical (unpaired) electrons. The lowest BCUT2D eigenvalue weighted by Crippen LogP contribution is -2.22. The van der Waals surface area contributed by atoms with Gasteiger partial charge in [0, 0.05) is 19.3 Å². The highest BCUT2D eigenvalue weighted by atomic mass is 16.5. The second-order valence-corrected chi connectivity index (χ2v) is 3.77. The highest BCUT2D eigenvalue weighted by molar-refractivity contribution is 5.14. The molecule has 15 heavy (non-hydrogen) atoms. The van der Waals surface area contributed by atoms with Crippen LogP contribution >= 0.6 is 0 Å². The van der Waals surface area contributed by atoms with Gasteiger partial charge in [-0.15, -0.1) is 0 Å². The molecule has 0 spiro atoms. The molecule has 0 amide bonds. The van der Waals surface area contributed by atoms with Crippen molar-refractivity contribution in [3.8, 4) is 0 Å². The van der Waals surface area contributed by atoms with Crippen LogP contribution in [-0.2, 0) is 11.2 Å². The van der Waals surface area contributed by atoms with Crippen molar-refractivity contribution in [3.63, 3.8) is 0 Å². The molecule has 1 aromatic rings. The minimum absolute atomic E-state index is 0.261. The molecule has 0 aliphatic rings. The maximum Gasteiger partial charge on any atom is 0.0480 e. The van der Waals surface area contributed by atoms with Crippen LogP contribution in [0.3, 0.4) is 0 Å². The van der Waals surface area contributed by atoms with Gasteiger partial charge in [-0.2, -0.15) is 0 Å². The van der Waals surface area contributed by atoms with E-state index in [4.69, 9.17) is 10.5 Å². The van der Waals surface area contributed by atoms with E-state index < -0.39 is 0 Å². The first kappa shape index (κ1) is 12.2. The van der Waals surface area contributed by atoms with E-state index in [0.29, 0.717) is 0 Å². The molecular weight excluding hydrogens is 186 g/mol. The van der Waals surface area contributed by atoms with Crippen molar-refractivity contribution >= 4 is 0 Å². The monoisotopic (exact) mass is 207 g/mol. The Morgan fingerprint density at radius 3 is 2.60 bits per heavy atom. The van der Waals surface area contributed by atoms with Gasteiger partial charge in [0.05, 0.1) is 0 Å². The lowest BCUT2D eigenvalue weighted by molar-refractivity contribution is 0.139. The summed E-state index contributed by atoms with van der Waals surface area (Å²) >= 11 is 0. The zero-order valence-corrected chi connectivity index (χ0v) is 9.49. The van der Waals surface area contributed by atoms with Gasteiger partial charge >= 0.3 is 0 Å². The summed E-state index contributed by atoms with van der Waals surface area (Å²) in [6, 6.07) is 10.7. The zero-order chi connectivity index (χ0) is 10.9. The van der Waals surface area contributed by atoms with E-state index in [1.807, 2.05) is 13.0 Å². The summed E-state index contributed by atoms with van der Waals surface area (Å²) < 4.78 is 5.28. The van der Waals surface area contributed by atoms with Gasteiger partial charge in [-0.1, -0.05) is 30.3 Å². The molecule has 0 heterocycles. The molecule has 0 saturated carbocycles. The highest BCUT2D eigenvalue weighted by Gasteiger charge is 2.02. The molecule has 1 unspecified atom stereocenters. The van der Waals surface area contributed by atoms with E-state index in [9.17, 15) is 0 Å². The SMILES string of the molecule is CCOCCC(N)CCc1ccccc1.